The normalized spacial score (nSPS) is 16.6. The molecule has 1 atom stereocenters. The van der Waals surface area contributed by atoms with Gasteiger partial charge in [0.15, 0.2) is 0 Å². The van der Waals surface area contributed by atoms with Crippen LogP contribution in [0.2, 0.25) is 0 Å². The zero-order valence-electron chi connectivity index (χ0n) is 15.8. The van der Waals surface area contributed by atoms with Crippen LogP contribution in [0.4, 0.5) is 10.2 Å². The lowest BCUT2D eigenvalue weighted by atomic mass is 10.1. The summed E-state index contributed by atoms with van der Waals surface area (Å²) in [6, 6.07) is 15.4. The second kappa shape index (κ2) is 8.36. The van der Waals surface area contributed by atoms with Crippen LogP contribution >= 0.6 is 0 Å². The summed E-state index contributed by atoms with van der Waals surface area (Å²) in [5, 5.41) is 0. The van der Waals surface area contributed by atoms with Crippen LogP contribution in [-0.4, -0.2) is 40.5 Å². The number of carbonyl (C=O) groups is 1. The lowest BCUT2D eigenvalue weighted by Crippen LogP contribution is -2.42. The number of amides is 1. The van der Waals surface area contributed by atoms with E-state index in [0.29, 0.717) is 37.5 Å². The van der Waals surface area contributed by atoms with Crippen molar-refractivity contribution >= 4 is 11.7 Å². The highest BCUT2D eigenvalue weighted by molar-refractivity contribution is 5.94. The maximum absolute atomic E-state index is 13.1. The summed E-state index contributed by atoms with van der Waals surface area (Å²) < 4.78 is 19.0. The molecule has 0 radical (unpaired) electrons. The second-order valence-electron chi connectivity index (χ2n) is 6.94. The molecule has 1 aromatic carbocycles. The number of hydrogen-bond acceptors (Lipinski definition) is 5. The van der Waals surface area contributed by atoms with Crippen LogP contribution in [0.25, 0.3) is 0 Å². The molecule has 0 unspecified atom stereocenters. The molecule has 29 heavy (non-hydrogen) atoms. The predicted molar refractivity (Wildman–Crippen MR) is 107 cm³/mol. The van der Waals surface area contributed by atoms with Gasteiger partial charge in [0.05, 0.1) is 24.4 Å². The number of ether oxygens (including phenoxy) is 1. The number of pyridine rings is 2. The van der Waals surface area contributed by atoms with Crippen LogP contribution in [0.15, 0.2) is 60.8 Å². The zero-order valence-corrected chi connectivity index (χ0v) is 15.8. The van der Waals surface area contributed by atoms with Crippen molar-refractivity contribution in [3.8, 4) is 0 Å². The summed E-state index contributed by atoms with van der Waals surface area (Å²) in [7, 11) is 0. The van der Waals surface area contributed by atoms with Crippen LogP contribution in [0.5, 0.6) is 0 Å². The molecule has 3 heterocycles. The number of hydrogen-bond donors (Lipinski definition) is 1. The summed E-state index contributed by atoms with van der Waals surface area (Å²) in [5.74, 6) is 0.0176. The highest BCUT2D eigenvalue weighted by Gasteiger charge is 2.27. The SMILES string of the molecule is Nc1ccc(C(=O)N2CCO[C@H](c3cccc(Cc4ccc(F)cc4)n3)C2)cn1. The molecule has 0 saturated carbocycles. The summed E-state index contributed by atoms with van der Waals surface area (Å²) in [4.78, 5) is 23.2. The van der Waals surface area contributed by atoms with Crippen molar-refractivity contribution in [2.75, 3.05) is 25.4 Å². The highest BCUT2D eigenvalue weighted by Crippen LogP contribution is 2.23. The molecule has 148 valence electrons. The van der Waals surface area contributed by atoms with Crippen LogP contribution < -0.4 is 5.73 Å². The van der Waals surface area contributed by atoms with Crippen molar-refractivity contribution in [2.24, 2.45) is 0 Å². The van der Waals surface area contributed by atoms with Gasteiger partial charge in [0.2, 0.25) is 0 Å². The van der Waals surface area contributed by atoms with E-state index in [4.69, 9.17) is 15.5 Å². The number of nitrogens with zero attached hydrogens (tertiary/aromatic N) is 3. The number of carbonyl (C=O) groups excluding carboxylic acids is 1. The molecular weight excluding hydrogens is 371 g/mol. The van der Waals surface area contributed by atoms with Gasteiger partial charge >= 0.3 is 0 Å². The third-order valence-corrected chi connectivity index (χ3v) is 4.84. The van der Waals surface area contributed by atoms with Crippen molar-refractivity contribution in [1.82, 2.24) is 14.9 Å². The Labute approximate surface area is 168 Å². The number of morpholine rings is 1. The Balaban J connectivity index is 1.47. The average molecular weight is 392 g/mol. The average Bonchev–Trinajstić information content (AvgIpc) is 2.76. The molecule has 1 aliphatic rings. The van der Waals surface area contributed by atoms with E-state index in [9.17, 15) is 9.18 Å². The van der Waals surface area contributed by atoms with E-state index in [1.54, 1.807) is 29.2 Å². The van der Waals surface area contributed by atoms with Gasteiger partial charge in [-0.1, -0.05) is 18.2 Å². The minimum atomic E-state index is -0.303. The lowest BCUT2D eigenvalue weighted by Gasteiger charge is -2.32. The van der Waals surface area contributed by atoms with Gasteiger partial charge in [0.25, 0.3) is 5.91 Å². The fourth-order valence-electron chi connectivity index (χ4n) is 3.31. The number of benzene rings is 1. The molecule has 1 fully saturated rings. The maximum atomic E-state index is 13.1. The van der Waals surface area contributed by atoms with Crippen molar-refractivity contribution in [3.05, 3.63) is 89.1 Å². The Bertz CT molecular complexity index is 992. The van der Waals surface area contributed by atoms with Gasteiger partial charge in [-0.2, -0.15) is 0 Å². The minimum absolute atomic E-state index is 0.103. The summed E-state index contributed by atoms with van der Waals surface area (Å²) in [6.07, 6.45) is 1.78. The molecule has 0 bridgehead atoms. The first-order valence-corrected chi connectivity index (χ1v) is 9.41. The topological polar surface area (TPSA) is 81.3 Å². The number of rotatable bonds is 4. The quantitative estimate of drug-likeness (QED) is 0.738. The Morgan fingerprint density at radius 2 is 2.00 bits per heavy atom. The van der Waals surface area contributed by atoms with Crippen LogP contribution in [-0.2, 0) is 11.2 Å². The van der Waals surface area contributed by atoms with Gasteiger partial charge in [-0.15, -0.1) is 0 Å². The molecule has 3 aromatic rings. The number of anilines is 1. The van der Waals surface area contributed by atoms with Gasteiger partial charge in [-0.05, 0) is 42.0 Å². The monoisotopic (exact) mass is 392 g/mol. The molecule has 1 amide bonds. The molecular formula is C22H21FN4O2. The molecule has 7 heteroatoms. The Morgan fingerprint density at radius 1 is 1.17 bits per heavy atom. The first-order chi connectivity index (χ1) is 14.1. The number of aromatic nitrogens is 2. The van der Waals surface area contributed by atoms with Gasteiger partial charge < -0.3 is 15.4 Å². The van der Waals surface area contributed by atoms with Crippen molar-refractivity contribution in [2.45, 2.75) is 12.5 Å². The zero-order chi connectivity index (χ0) is 20.2. The molecule has 0 spiro atoms. The van der Waals surface area contributed by atoms with Gasteiger partial charge in [-0.3, -0.25) is 9.78 Å². The molecule has 1 aliphatic heterocycles. The minimum Gasteiger partial charge on any atom is -0.384 e. The molecule has 2 N–H and O–H groups in total. The van der Waals surface area contributed by atoms with Crippen LogP contribution in [0, 0.1) is 5.82 Å². The highest BCUT2D eigenvalue weighted by atomic mass is 19.1. The van der Waals surface area contributed by atoms with E-state index < -0.39 is 0 Å². The third-order valence-electron chi connectivity index (χ3n) is 4.84. The first-order valence-electron chi connectivity index (χ1n) is 9.41. The fraction of sp³-hybridized carbons (Fsp3) is 0.227. The van der Waals surface area contributed by atoms with E-state index >= 15 is 0 Å². The van der Waals surface area contributed by atoms with E-state index in [0.717, 1.165) is 17.0 Å². The fourth-order valence-corrected chi connectivity index (χ4v) is 3.31. The van der Waals surface area contributed by atoms with E-state index in [1.807, 2.05) is 18.2 Å². The number of halogens is 1. The summed E-state index contributed by atoms with van der Waals surface area (Å²) in [5.41, 5.74) is 8.72. The van der Waals surface area contributed by atoms with E-state index in [-0.39, 0.29) is 17.8 Å². The summed E-state index contributed by atoms with van der Waals surface area (Å²) in [6.45, 7) is 1.36. The van der Waals surface area contributed by atoms with Crippen LogP contribution in [0.1, 0.15) is 33.4 Å². The molecule has 2 aromatic heterocycles. The standard InChI is InChI=1S/C22H21FN4O2/c23-17-7-4-15(5-8-17)12-18-2-1-3-19(26-18)20-14-27(10-11-29-20)22(28)16-6-9-21(24)25-13-16/h1-9,13,20H,10-12,14H2,(H2,24,25)/t20-/m0/s1. The molecule has 1 saturated heterocycles. The maximum Gasteiger partial charge on any atom is 0.255 e. The molecule has 6 nitrogen and oxygen atoms in total. The van der Waals surface area contributed by atoms with E-state index in [2.05, 4.69) is 4.98 Å². The van der Waals surface area contributed by atoms with Crippen molar-refractivity contribution in [3.63, 3.8) is 0 Å². The largest absolute Gasteiger partial charge is 0.384 e. The third kappa shape index (κ3) is 4.57. The number of nitrogen functional groups attached to an aromatic ring is 1. The molecule has 0 aliphatic carbocycles. The van der Waals surface area contributed by atoms with Gasteiger partial charge in [0.1, 0.15) is 17.7 Å². The number of nitrogens with two attached hydrogens (primary N) is 1. The lowest BCUT2D eigenvalue weighted by molar-refractivity contribution is -0.0248. The Kier molecular flexibility index (Phi) is 5.48. The van der Waals surface area contributed by atoms with Crippen LogP contribution in [0.3, 0.4) is 0 Å². The van der Waals surface area contributed by atoms with Gasteiger partial charge in [0, 0.05) is 24.9 Å². The van der Waals surface area contributed by atoms with E-state index in [1.165, 1.54) is 18.3 Å². The molecule has 4 rings (SSSR count). The van der Waals surface area contributed by atoms with Crippen molar-refractivity contribution in [1.29, 1.82) is 0 Å². The smallest absolute Gasteiger partial charge is 0.255 e. The van der Waals surface area contributed by atoms with Crippen molar-refractivity contribution < 1.29 is 13.9 Å². The summed E-state index contributed by atoms with van der Waals surface area (Å²) >= 11 is 0. The Hall–Kier alpha value is -3.32. The van der Waals surface area contributed by atoms with Gasteiger partial charge in [-0.25, -0.2) is 9.37 Å². The Morgan fingerprint density at radius 3 is 2.76 bits per heavy atom. The predicted octanol–water partition coefficient (Wildman–Crippen LogP) is 3.00. The second-order valence-corrected chi connectivity index (χ2v) is 6.94. The first kappa shape index (κ1) is 19.0.